The number of nitrogens with two attached hydrogens (primary N) is 1. The van der Waals surface area contributed by atoms with Gasteiger partial charge in [0.2, 0.25) is 0 Å². The predicted octanol–water partition coefficient (Wildman–Crippen LogP) is 1.36. The van der Waals surface area contributed by atoms with Crippen LogP contribution in [0.25, 0.3) is 0 Å². The van der Waals surface area contributed by atoms with E-state index in [1.165, 1.54) is 32.2 Å². The van der Waals surface area contributed by atoms with Gasteiger partial charge in [-0.15, -0.1) is 0 Å². The van der Waals surface area contributed by atoms with Gasteiger partial charge in [0.25, 0.3) is 0 Å². The van der Waals surface area contributed by atoms with Crippen LogP contribution in [0.15, 0.2) is 0 Å². The highest BCUT2D eigenvalue weighted by Gasteiger charge is 2.17. The van der Waals surface area contributed by atoms with E-state index in [9.17, 15) is 0 Å². The zero-order valence-electron chi connectivity index (χ0n) is 8.18. The van der Waals surface area contributed by atoms with Crippen LogP contribution in [0.3, 0.4) is 0 Å². The zero-order valence-corrected chi connectivity index (χ0v) is 8.18. The van der Waals surface area contributed by atoms with Crippen LogP contribution in [-0.2, 0) is 0 Å². The van der Waals surface area contributed by atoms with Gasteiger partial charge in [-0.1, -0.05) is 19.8 Å². The van der Waals surface area contributed by atoms with Crippen LogP contribution in [0.5, 0.6) is 0 Å². The molecule has 2 unspecified atom stereocenters. The molecule has 1 rings (SSSR count). The minimum atomic E-state index is 0.766. The molecule has 1 fully saturated rings. The summed E-state index contributed by atoms with van der Waals surface area (Å²) in [5.74, 6) is 1.86. The van der Waals surface area contributed by atoms with E-state index in [0.717, 1.165) is 24.9 Å². The molecule has 0 radical (unpaired) electrons. The lowest BCUT2D eigenvalue weighted by Crippen LogP contribution is -2.30. The number of hydrogen-bond donors (Lipinski definition) is 2. The lowest BCUT2D eigenvalue weighted by atomic mass is 9.82. The lowest BCUT2D eigenvalue weighted by molar-refractivity contribution is 0.275. The van der Waals surface area contributed by atoms with E-state index < -0.39 is 0 Å². The number of rotatable bonds is 4. The van der Waals surface area contributed by atoms with E-state index >= 15 is 0 Å². The molecule has 1 aliphatic carbocycles. The summed E-state index contributed by atoms with van der Waals surface area (Å²) in [6.07, 6.45) is 5.70. The van der Waals surface area contributed by atoms with Crippen LogP contribution >= 0.6 is 0 Å². The van der Waals surface area contributed by atoms with Gasteiger partial charge in [-0.05, 0) is 31.2 Å². The van der Waals surface area contributed by atoms with Crippen molar-refractivity contribution >= 4 is 0 Å². The van der Waals surface area contributed by atoms with Crippen molar-refractivity contribution in [2.45, 2.75) is 32.6 Å². The first-order valence-electron chi connectivity index (χ1n) is 5.23. The molecule has 0 aromatic heterocycles. The average molecular weight is 170 g/mol. The molecule has 2 atom stereocenters. The van der Waals surface area contributed by atoms with Gasteiger partial charge in [0.05, 0.1) is 0 Å². The molecule has 0 saturated heterocycles. The first-order valence-corrected chi connectivity index (χ1v) is 5.23. The van der Waals surface area contributed by atoms with Crippen molar-refractivity contribution in [1.82, 2.24) is 5.32 Å². The molecule has 0 bridgehead atoms. The first-order chi connectivity index (χ1) is 5.83. The standard InChI is InChI=1S/C10H22N2/c1-9-3-2-4-10(7-9)8-12-6-5-11/h9-10,12H,2-8,11H2,1H3. The summed E-state index contributed by atoms with van der Waals surface area (Å²) < 4.78 is 0. The van der Waals surface area contributed by atoms with Crippen molar-refractivity contribution in [2.24, 2.45) is 17.6 Å². The fraction of sp³-hybridized carbons (Fsp3) is 1.00. The first kappa shape index (κ1) is 10.0. The van der Waals surface area contributed by atoms with Crippen LogP contribution in [0.2, 0.25) is 0 Å². The Kier molecular flexibility index (Phi) is 4.62. The second-order valence-corrected chi connectivity index (χ2v) is 4.13. The maximum Gasteiger partial charge on any atom is 0.00746 e. The predicted molar refractivity (Wildman–Crippen MR) is 53.0 cm³/mol. The van der Waals surface area contributed by atoms with Crippen molar-refractivity contribution in [3.63, 3.8) is 0 Å². The Hall–Kier alpha value is -0.0800. The smallest absolute Gasteiger partial charge is 0.00746 e. The van der Waals surface area contributed by atoms with Gasteiger partial charge in [-0.25, -0.2) is 0 Å². The summed E-state index contributed by atoms with van der Waals surface area (Å²) >= 11 is 0. The summed E-state index contributed by atoms with van der Waals surface area (Å²) in [6.45, 7) is 5.30. The van der Waals surface area contributed by atoms with E-state index in [-0.39, 0.29) is 0 Å². The molecule has 1 aliphatic rings. The van der Waals surface area contributed by atoms with Gasteiger partial charge in [0.15, 0.2) is 0 Å². The van der Waals surface area contributed by atoms with E-state index in [2.05, 4.69) is 12.2 Å². The molecular formula is C10H22N2. The molecule has 0 aromatic carbocycles. The zero-order chi connectivity index (χ0) is 8.81. The maximum atomic E-state index is 5.41. The van der Waals surface area contributed by atoms with Crippen LogP contribution in [0.4, 0.5) is 0 Å². The quantitative estimate of drug-likeness (QED) is 0.625. The van der Waals surface area contributed by atoms with Gasteiger partial charge in [0, 0.05) is 13.1 Å². The summed E-state index contributed by atoms with van der Waals surface area (Å²) in [4.78, 5) is 0. The molecule has 0 heterocycles. The Morgan fingerprint density at radius 2 is 2.25 bits per heavy atom. The van der Waals surface area contributed by atoms with Gasteiger partial charge < -0.3 is 11.1 Å². The van der Waals surface area contributed by atoms with Crippen molar-refractivity contribution < 1.29 is 0 Å². The second kappa shape index (κ2) is 5.55. The van der Waals surface area contributed by atoms with Gasteiger partial charge in [-0.2, -0.15) is 0 Å². The number of nitrogens with one attached hydrogen (secondary N) is 1. The third kappa shape index (κ3) is 3.55. The molecule has 2 nitrogen and oxygen atoms in total. The normalized spacial score (nSPS) is 30.5. The largest absolute Gasteiger partial charge is 0.329 e. The monoisotopic (exact) mass is 170 g/mol. The molecule has 0 aromatic rings. The van der Waals surface area contributed by atoms with Crippen LogP contribution in [-0.4, -0.2) is 19.6 Å². The van der Waals surface area contributed by atoms with Gasteiger partial charge in [-0.3, -0.25) is 0 Å². The van der Waals surface area contributed by atoms with Crippen LogP contribution in [0, 0.1) is 11.8 Å². The van der Waals surface area contributed by atoms with Gasteiger partial charge in [0.1, 0.15) is 0 Å². The van der Waals surface area contributed by atoms with Crippen molar-refractivity contribution in [3.05, 3.63) is 0 Å². The van der Waals surface area contributed by atoms with Crippen LogP contribution < -0.4 is 11.1 Å². The summed E-state index contributed by atoms with van der Waals surface area (Å²) in [5, 5.41) is 3.40. The lowest BCUT2D eigenvalue weighted by Gasteiger charge is -2.26. The average Bonchev–Trinajstić information content (AvgIpc) is 2.05. The van der Waals surface area contributed by atoms with E-state index in [0.29, 0.717) is 0 Å². The molecule has 72 valence electrons. The van der Waals surface area contributed by atoms with Gasteiger partial charge >= 0.3 is 0 Å². The highest BCUT2D eigenvalue weighted by atomic mass is 14.9. The van der Waals surface area contributed by atoms with Crippen LogP contribution in [0.1, 0.15) is 32.6 Å². The minimum absolute atomic E-state index is 0.766. The summed E-state index contributed by atoms with van der Waals surface area (Å²) in [5.41, 5.74) is 5.41. The molecule has 0 spiro atoms. The fourth-order valence-corrected chi connectivity index (χ4v) is 2.15. The Balaban J connectivity index is 2.06. The Morgan fingerprint density at radius 3 is 2.92 bits per heavy atom. The molecule has 0 amide bonds. The molecule has 2 heteroatoms. The molecule has 3 N–H and O–H groups in total. The highest BCUT2D eigenvalue weighted by molar-refractivity contribution is 4.72. The molecule has 1 saturated carbocycles. The van der Waals surface area contributed by atoms with Crippen molar-refractivity contribution in [2.75, 3.05) is 19.6 Å². The second-order valence-electron chi connectivity index (χ2n) is 4.13. The third-order valence-electron chi connectivity index (χ3n) is 2.80. The SMILES string of the molecule is CC1CCCC(CNCCN)C1. The Bertz CT molecular complexity index is 114. The maximum absolute atomic E-state index is 5.41. The number of hydrogen-bond acceptors (Lipinski definition) is 2. The minimum Gasteiger partial charge on any atom is -0.329 e. The summed E-state index contributed by atoms with van der Waals surface area (Å²) in [6, 6.07) is 0. The highest BCUT2D eigenvalue weighted by Crippen LogP contribution is 2.27. The molecule has 12 heavy (non-hydrogen) atoms. The van der Waals surface area contributed by atoms with E-state index in [4.69, 9.17) is 5.73 Å². The van der Waals surface area contributed by atoms with Crippen molar-refractivity contribution in [1.29, 1.82) is 0 Å². The Labute approximate surface area is 75.9 Å². The summed E-state index contributed by atoms with van der Waals surface area (Å²) in [7, 11) is 0. The molecular weight excluding hydrogens is 148 g/mol. The Morgan fingerprint density at radius 1 is 1.42 bits per heavy atom. The van der Waals surface area contributed by atoms with E-state index in [1.54, 1.807) is 0 Å². The molecule has 0 aliphatic heterocycles. The topological polar surface area (TPSA) is 38.0 Å². The van der Waals surface area contributed by atoms with E-state index in [1.807, 2.05) is 0 Å². The fourth-order valence-electron chi connectivity index (χ4n) is 2.15. The van der Waals surface area contributed by atoms with Crippen molar-refractivity contribution in [3.8, 4) is 0 Å². The third-order valence-corrected chi connectivity index (χ3v) is 2.80.